The summed E-state index contributed by atoms with van der Waals surface area (Å²) in [4.78, 5) is 11.2. The zero-order chi connectivity index (χ0) is 13.7. The number of halogens is 1. The van der Waals surface area contributed by atoms with E-state index in [9.17, 15) is 0 Å². The smallest absolute Gasteiger partial charge is 0.232 e. The van der Waals surface area contributed by atoms with Crippen LogP contribution in [0.3, 0.4) is 0 Å². The highest BCUT2D eigenvalue weighted by Crippen LogP contribution is 2.27. The van der Waals surface area contributed by atoms with Gasteiger partial charge in [-0.25, -0.2) is 4.98 Å². The summed E-state index contributed by atoms with van der Waals surface area (Å²) in [7, 11) is 1.64. The molecule has 1 fully saturated rings. The van der Waals surface area contributed by atoms with E-state index in [0.29, 0.717) is 5.88 Å². The van der Waals surface area contributed by atoms with Crippen molar-refractivity contribution in [2.24, 2.45) is 5.92 Å². The van der Waals surface area contributed by atoms with Gasteiger partial charge in [-0.15, -0.1) is 0 Å². The van der Waals surface area contributed by atoms with Crippen molar-refractivity contribution in [1.29, 1.82) is 0 Å². The molecule has 5 heteroatoms. The lowest BCUT2D eigenvalue weighted by atomic mass is 9.96. The summed E-state index contributed by atoms with van der Waals surface area (Å²) in [6.45, 7) is 4.37. The van der Waals surface area contributed by atoms with Crippen molar-refractivity contribution >= 4 is 21.9 Å². The number of hydrogen-bond acceptors (Lipinski definition) is 4. The van der Waals surface area contributed by atoms with Crippen molar-refractivity contribution < 1.29 is 4.74 Å². The quantitative estimate of drug-likeness (QED) is 0.845. The predicted octanol–water partition coefficient (Wildman–Crippen LogP) is 3.65. The molecule has 1 saturated heterocycles. The fraction of sp³-hybridized carbons (Fsp3) is 0.714. The number of methoxy groups -OCH3 is 1. The Hall–Kier alpha value is -0.840. The molecule has 0 aromatic carbocycles. The predicted molar refractivity (Wildman–Crippen MR) is 80.7 cm³/mol. The number of nitrogens with zero attached hydrogens (tertiary/aromatic N) is 3. The molecule has 1 aliphatic rings. The fourth-order valence-electron chi connectivity index (χ4n) is 2.70. The summed E-state index contributed by atoms with van der Waals surface area (Å²) in [5.74, 6) is 2.27. The third-order valence-corrected chi connectivity index (χ3v) is 4.26. The van der Waals surface area contributed by atoms with Crippen LogP contribution in [-0.2, 0) is 0 Å². The monoisotopic (exact) mass is 327 g/mol. The number of ether oxygens (including phenoxy) is 1. The zero-order valence-electron chi connectivity index (χ0n) is 11.7. The van der Waals surface area contributed by atoms with Gasteiger partial charge >= 0.3 is 0 Å². The van der Waals surface area contributed by atoms with E-state index >= 15 is 0 Å². The van der Waals surface area contributed by atoms with Crippen LogP contribution in [-0.4, -0.2) is 30.2 Å². The van der Waals surface area contributed by atoms with Crippen molar-refractivity contribution in [2.75, 3.05) is 25.1 Å². The van der Waals surface area contributed by atoms with Crippen LogP contribution in [0, 0.1) is 5.92 Å². The fourth-order valence-corrected chi connectivity index (χ4v) is 3.05. The lowest BCUT2D eigenvalue weighted by molar-refractivity contribution is 0.393. The second-order valence-electron chi connectivity index (χ2n) is 5.10. The van der Waals surface area contributed by atoms with Crippen LogP contribution in [0.4, 0.5) is 5.95 Å². The van der Waals surface area contributed by atoms with Gasteiger partial charge in [-0.1, -0.05) is 19.8 Å². The van der Waals surface area contributed by atoms with Gasteiger partial charge in [0.2, 0.25) is 11.8 Å². The third kappa shape index (κ3) is 3.81. The Bertz CT molecular complexity index is 414. The highest BCUT2D eigenvalue weighted by molar-refractivity contribution is 9.10. The van der Waals surface area contributed by atoms with Crippen molar-refractivity contribution in [1.82, 2.24) is 9.97 Å². The van der Waals surface area contributed by atoms with Crippen molar-refractivity contribution in [3.8, 4) is 5.88 Å². The lowest BCUT2D eigenvalue weighted by Gasteiger charge is -2.20. The van der Waals surface area contributed by atoms with Crippen LogP contribution < -0.4 is 9.64 Å². The third-order valence-electron chi connectivity index (χ3n) is 3.72. The van der Waals surface area contributed by atoms with Gasteiger partial charge in [0, 0.05) is 13.1 Å². The average molecular weight is 328 g/mol. The molecule has 0 radical (unpaired) electrons. The second kappa shape index (κ2) is 7.08. The van der Waals surface area contributed by atoms with Gasteiger partial charge in [-0.3, -0.25) is 0 Å². The highest BCUT2D eigenvalue weighted by Gasteiger charge is 2.19. The van der Waals surface area contributed by atoms with Gasteiger partial charge < -0.3 is 9.64 Å². The Morgan fingerprint density at radius 1 is 1.42 bits per heavy atom. The molecule has 1 atom stereocenters. The SMILES string of the molecule is CCCC1CCCN(c2ncc(Br)c(OC)n2)CC1. The van der Waals surface area contributed by atoms with Gasteiger partial charge in [0.05, 0.1) is 17.8 Å². The van der Waals surface area contributed by atoms with Crippen LogP contribution in [0.5, 0.6) is 5.88 Å². The topological polar surface area (TPSA) is 38.2 Å². The molecular weight excluding hydrogens is 306 g/mol. The summed E-state index contributed by atoms with van der Waals surface area (Å²) in [6, 6.07) is 0. The molecule has 0 N–H and O–H groups in total. The van der Waals surface area contributed by atoms with Crippen molar-refractivity contribution in [3.05, 3.63) is 10.7 Å². The van der Waals surface area contributed by atoms with E-state index in [2.05, 4.69) is 37.7 Å². The molecule has 1 aromatic heterocycles. The molecule has 1 aliphatic heterocycles. The van der Waals surface area contributed by atoms with Gasteiger partial charge in [-0.05, 0) is 41.1 Å². The maximum atomic E-state index is 5.24. The van der Waals surface area contributed by atoms with Crippen LogP contribution >= 0.6 is 15.9 Å². The molecule has 4 nitrogen and oxygen atoms in total. The van der Waals surface area contributed by atoms with Gasteiger partial charge in [0.1, 0.15) is 0 Å². The Morgan fingerprint density at radius 2 is 2.26 bits per heavy atom. The van der Waals surface area contributed by atoms with Crippen molar-refractivity contribution in [3.63, 3.8) is 0 Å². The molecule has 0 bridgehead atoms. The summed E-state index contributed by atoms with van der Waals surface area (Å²) in [5.41, 5.74) is 0. The van der Waals surface area contributed by atoms with E-state index in [4.69, 9.17) is 4.74 Å². The lowest BCUT2D eigenvalue weighted by Crippen LogP contribution is -2.26. The molecule has 1 unspecified atom stereocenters. The normalized spacial score (nSPS) is 20.2. The largest absolute Gasteiger partial charge is 0.480 e. The second-order valence-corrected chi connectivity index (χ2v) is 5.95. The maximum absolute atomic E-state index is 5.24. The Labute approximate surface area is 123 Å². The van der Waals surface area contributed by atoms with E-state index in [0.717, 1.165) is 29.4 Å². The van der Waals surface area contributed by atoms with Crippen LogP contribution in [0.25, 0.3) is 0 Å². The van der Waals surface area contributed by atoms with E-state index in [-0.39, 0.29) is 0 Å². The van der Waals surface area contributed by atoms with Gasteiger partial charge in [-0.2, -0.15) is 4.98 Å². The minimum atomic E-state index is 0.611. The van der Waals surface area contributed by atoms with E-state index in [1.54, 1.807) is 13.3 Å². The van der Waals surface area contributed by atoms with E-state index < -0.39 is 0 Å². The molecule has 106 valence electrons. The molecule has 1 aromatic rings. The van der Waals surface area contributed by atoms with E-state index in [1.807, 2.05) is 0 Å². The number of rotatable bonds is 4. The molecule has 0 aliphatic carbocycles. The first-order valence-corrected chi connectivity index (χ1v) is 7.85. The average Bonchev–Trinajstić information content (AvgIpc) is 2.66. The first-order chi connectivity index (χ1) is 9.24. The maximum Gasteiger partial charge on any atom is 0.232 e. The van der Waals surface area contributed by atoms with Gasteiger partial charge in [0.15, 0.2) is 0 Å². The molecule has 0 saturated carbocycles. The Balaban J connectivity index is 2.05. The van der Waals surface area contributed by atoms with Crippen LogP contribution in [0.2, 0.25) is 0 Å². The minimum Gasteiger partial charge on any atom is -0.480 e. The number of anilines is 1. The highest BCUT2D eigenvalue weighted by atomic mass is 79.9. The summed E-state index contributed by atoms with van der Waals surface area (Å²) in [6.07, 6.45) is 8.21. The Kier molecular flexibility index (Phi) is 5.43. The van der Waals surface area contributed by atoms with Crippen molar-refractivity contribution in [2.45, 2.75) is 39.0 Å². The van der Waals surface area contributed by atoms with Crippen LogP contribution in [0.15, 0.2) is 10.7 Å². The summed E-state index contributed by atoms with van der Waals surface area (Å²) in [5, 5.41) is 0. The molecule has 0 spiro atoms. The summed E-state index contributed by atoms with van der Waals surface area (Å²) < 4.78 is 6.05. The molecule has 0 amide bonds. The van der Waals surface area contributed by atoms with E-state index in [1.165, 1.54) is 32.1 Å². The van der Waals surface area contributed by atoms with Crippen LogP contribution in [0.1, 0.15) is 39.0 Å². The molecule has 2 heterocycles. The number of aromatic nitrogens is 2. The summed E-state index contributed by atoms with van der Waals surface area (Å²) >= 11 is 3.39. The first-order valence-electron chi connectivity index (χ1n) is 7.06. The zero-order valence-corrected chi connectivity index (χ0v) is 13.3. The molecule has 2 rings (SSSR count). The first kappa shape index (κ1) is 14.6. The van der Waals surface area contributed by atoms with Gasteiger partial charge in [0.25, 0.3) is 0 Å². The Morgan fingerprint density at radius 3 is 3.00 bits per heavy atom. The minimum absolute atomic E-state index is 0.611. The number of hydrogen-bond donors (Lipinski definition) is 0. The molecular formula is C14H22BrN3O. The molecule has 19 heavy (non-hydrogen) atoms. The standard InChI is InChI=1S/C14H22BrN3O/c1-3-5-11-6-4-8-18(9-7-11)14-16-10-12(15)13(17-14)19-2/h10-11H,3-9H2,1-2H3.